The van der Waals surface area contributed by atoms with Gasteiger partial charge >= 0.3 is 12.0 Å². The molecule has 0 unspecified atom stereocenters. The average Bonchev–Trinajstić information content (AvgIpc) is 2.35. The van der Waals surface area contributed by atoms with Crippen molar-refractivity contribution in [1.29, 1.82) is 5.26 Å². The fourth-order valence-corrected chi connectivity index (χ4v) is 1.28. The molecule has 1 rings (SSSR count). The fourth-order valence-electron chi connectivity index (χ4n) is 1.28. The summed E-state index contributed by atoms with van der Waals surface area (Å²) >= 11 is 0. The number of nitriles is 1. The smallest absolute Gasteiger partial charge is 0.323 e. The van der Waals surface area contributed by atoms with Gasteiger partial charge in [-0.25, -0.2) is 4.79 Å². The molecule has 0 bridgehead atoms. The highest BCUT2D eigenvalue weighted by Crippen LogP contribution is 2.02. The molecular formula is C12H13N3O3. The average molecular weight is 247 g/mol. The quantitative estimate of drug-likeness (QED) is 0.822. The van der Waals surface area contributed by atoms with Gasteiger partial charge in [-0.1, -0.05) is 12.1 Å². The Morgan fingerprint density at radius 3 is 2.50 bits per heavy atom. The van der Waals surface area contributed by atoms with Crippen LogP contribution >= 0.6 is 0 Å². The summed E-state index contributed by atoms with van der Waals surface area (Å²) in [5.41, 5.74) is 1.39. The van der Waals surface area contributed by atoms with Crippen molar-refractivity contribution in [3.8, 4) is 6.07 Å². The summed E-state index contributed by atoms with van der Waals surface area (Å²) in [5.74, 6) is -1.06. The molecule has 1 aromatic rings. The van der Waals surface area contributed by atoms with Crippen molar-refractivity contribution in [3.05, 3.63) is 35.4 Å². The number of hydrogen-bond acceptors (Lipinski definition) is 3. The standard InChI is InChI=1S/C12H13N3O3/c1-15(8-11(16)17)12(18)14-7-10-4-2-9(6-13)3-5-10/h2-5H,7-8H2,1H3,(H,14,18)(H,16,17). The predicted molar refractivity (Wildman–Crippen MR) is 63.7 cm³/mol. The van der Waals surface area contributed by atoms with Crippen molar-refractivity contribution in [3.63, 3.8) is 0 Å². The largest absolute Gasteiger partial charge is 0.480 e. The first-order valence-corrected chi connectivity index (χ1v) is 5.22. The zero-order chi connectivity index (χ0) is 13.5. The zero-order valence-electron chi connectivity index (χ0n) is 9.88. The number of hydrogen-bond donors (Lipinski definition) is 2. The number of benzene rings is 1. The third-order valence-corrected chi connectivity index (χ3v) is 2.25. The molecule has 2 N–H and O–H groups in total. The Kier molecular flexibility index (Phi) is 4.69. The lowest BCUT2D eigenvalue weighted by atomic mass is 10.1. The van der Waals surface area contributed by atoms with E-state index >= 15 is 0 Å². The van der Waals surface area contributed by atoms with E-state index in [2.05, 4.69) is 5.32 Å². The molecular weight excluding hydrogens is 234 g/mol. The van der Waals surface area contributed by atoms with Crippen LogP contribution in [-0.4, -0.2) is 35.6 Å². The van der Waals surface area contributed by atoms with E-state index in [1.165, 1.54) is 7.05 Å². The van der Waals surface area contributed by atoms with Crippen LogP contribution in [0.1, 0.15) is 11.1 Å². The Hall–Kier alpha value is -2.55. The monoisotopic (exact) mass is 247 g/mol. The molecule has 0 atom stereocenters. The van der Waals surface area contributed by atoms with E-state index in [-0.39, 0.29) is 13.1 Å². The molecule has 6 nitrogen and oxygen atoms in total. The van der Waals surface area contributed by atoms with E-state index in [4.69, 9.17) is 10.4 Å². The highest BCUT2D eigenvalue weighted by molar-refractivity contribution is 5.79. The number of nitrogens with one attached hydrogen (secondary N) is 1. The number of rotatable bonds is 4. The lowest BCUT2D eigenvalue weighted by Gasteiger charge is -2.15. The molecule has 2 amide bonds. The number of carboxylic acid groups (broad SMARTS) is 1. The lowest BCUT2D eigenvalue weighted by Crippen LogP contribution is -2.39. The Labute approximate surface area is 104 Å². The van der Waals surface area contributed by atoms with Gasteiger partial charge in [0.25, 0.3) is 0 Å². The van der Waals surface area contributed by atoms with E-state index in [0.29, 0.717) is 5.56 Å². The lowest BCUT2D eigenvalue weighted by molar-refractivity contribution is -0.137. The van der Waals surface area contributed by atoms with Crippen LogP contribution < -0.4 is 5.32 Å². The first-order chi connectivity index (χ1) is 8.52. The zero-order valence-corrected chi connectivity index (χ0v) is 9.88. The summed E-state index contributed by atoms with van der Waals surface area (Å²) < 4.78 is 0. The van der Waals surface area contributed by atoms with Gasteiger partial charge in [0.1, 0.15) is 6.54 Å². The number of likely N-dealkylation sites (N-methyl/N-ethyl adjacent to an activating group) is 1. The van der Waals surface area contributed by atoms with Gasteiger partial charge in [0.05, 0.1) is 11.6 Å². The molecule has 0 aromatic heterocycles. The van der Waals surface area contributed by atoms with Gasteiger partial charge in [-0.05, 0) is 17.7 Å². The first kappa shape index (κ1) is 13.5. The minimum Gasteiger partial charge on any atom is -0.480 e. The maximum Gasteiger partial charge on any atom is 0.323 e. The van der Waals surface area contributed by atoms with E-state index in [1.807, 2.05) is 6.07 Å². The molecule has 0 heterocycles. The van der Waals surface area contributed by atoms with E-state index < -0.39 is 12.0 Å². The molecule has 0 aliphatic carbocycles. The van der Waals surface area contributed by atoms with Crippen LogP contribution in [-0.2, 0) is 11.3 Å². The Morgan fingerprint density at radius 1 is 1.39 bits per heavy atom. The minimum absolute atomic E-state index is 0.286. The van der Waals surface area contributed by atoms with Crippen LogP contribution in [0.5, 0.6) is 0 Å². The molecule has 6 heteroatoms. The van der Waals surface area contributed by atoms with Crippen molar-refractivity contribution in [2.75, 3.05) is 13.6 Å². The van der Waals surface area contributed by atoms with Crippen LogP contribution in [0.4, 0.5) is 4.79 Å². The summed E-state index contributed by atoms with van der Waals surface area (Å²) in [6.45, 7) is -0.0618. The fraction of sp³-hybridized carbons (Fsp3) is 0.250. The normalized spacial score (nSPS) is 9.33. The number of nitrogens with zero attached hydrogens (tertiary/aromatic N) is 2. The molecule has 94 valence electrons. The SMILES string of the molecule is CN(CC(=O)O)C(=O)NCc1ccc(C#N)cc1. The number of amides is 2. The van der Waals surface area contributed by atoms with Crippen molar-refractivity contribution < 1.29 is 14.7 Å². The van der Waals surface area contributed by atoms with Crippen molar-refractivity contribution >= 4 is 12.0 Å². The van der Waals surface area contributed by atoms with Crippen LogP contribution in [0.2, 0.25) is 0 Å². The number of aliphatic carboxylic acids is 1. The van der Waals surface area contributed by atoms with Crippen molar-refractivity contribution in [1.82, 2.24) is 10.2 Å². The highest BCUT2D eigenvalue weighted by Gasteiger charge is 2.10. The second-order valence-electron chi connectivity index (χ2n) is 3.72. The predicted octanol–water partition coefficient (Wildman–Crippen LogP) is 0.784. The van der Waals surface area contributed by atoms with Crippen LogP contribution in [0.25, 0.3) is 0 Å². The van der Waals surface area contributed by atoms with Gasteiger partial charge in [0.15, 0.2) is 0 Å². The molecule has 0 aliphatic heterocycles. The summed E-state index contributed by atoms with van der Waals surface area (Å²) in [6, 6.07) is 8.32. The van der Waals surface area contributed by atoms with Gasteiger partial charge < -0.3 is 15.3 Å². The Morgan fingerprint density at radius 2 is 2.00 bits per heavy atom. The third-order valence-electron chi connectivity index (χ3n) is 2.25. The number of carboxylic acids is 1. The van der Waals surface area contributed by atoms with Gasteiger partial charge in [0.2, 0.25) is 0 Å². The summed E-state index contributed by atoms with van der Waals surface area (Å²) in [5, 5.41) is 19.7. The molecule has 0 fully saturated rings. The molecule has 0 spiro atoms. The molecule has 18 heavy (non-hydrogen) atoms. The van der Waals surface area contributed by atoms with Gasteiger partial charge in [-0.2, -0.15) is 5.26 Å². The van der Waals surface area contributed by atoms with Gasteiger partial charge in [-0.15, -0.1) is 0 Å². The minimum atomic E-state index is -1.06. The Bertz CT molecular complexity index is 476. The molecule has 0 saturated heterocycles. The van der Waals surface area contributed by atoms with Crippen LogP contribution in [0, 0.1) is 11.3 Å². The van der Waals surface area contributed by atoms with Crippen molar-refractivity contribution in [2.45, 2.75) is 6.54 Å². The van der Waals surface area contributed by atoms with E-state index in [0.717, 1.165) is 10.5 Å². The maximum absolute atomic E-state index is 11.5. The summed E-state index contributed by atoms with van der Waals surface area (Å²) in [4.78, 5) is 23.0. The molecule has 0 radical (unpaired) electrons. The third kappa shape index (κ3) is 4.14. The molecule has 0 saturated carbocycles. The van der Waals surface area contributed by atoms with Gasteiger partial charge in [0, 0.05) is 13.6 Å². The second-order valence-corrected chi connectivity index (χ2v) is 3.72. The maximum atomic E-state index is 11.5. The summed E-state index contributed by atoms with van der Waals surface area (Å²) in [7, 11) is 1.40. The second kappa shape index (κ2) is 6.25. The van der Waals surface area contributed by atoms with Crippen LogP contribution in [0.3, 0.4) is 0 Å². The van der Waals surface area contributed by atoms with E-state index in [9.17, 15) is 9.59 Å². The van der Waals surface area contributed by atoms with Crippen molar-refractivity contribution in [2.24, 2.45) is 0 Å². The number of urea groups is 1. The summed E-state index contributed by atoms with van der Waals surface area (Å²) in [6.07, 6.45) is 0. The number of carbonyl (C=O) groups excluding carboxylic acids is 1. The number of carbonyl (C=O) groups is 2. The molecule has 0 aliphatic rings. The van der Waals surface area contributed by atoms with Crippen LogP contribution in [0.15, 0.2) is 24.3 Å². The highest BCUT2D eigenvalue weighted by atomic mass is 16.4. The Balaban J connectivity index is 2.47. The first-order valence-electron chi connectivity index (χ1n) is 5.22. The van der Waals surface area contributed by atoms with E-state index in [1.54, 1.807) is 24.3 Å². The topological polar surface area (TPSA) is 93.4 Å². The molecule has 1 aromatic carbocycles. The van der Waals surface area contributed by atoms with Gasteiger partial charge in [-0.3, -0.25) is 4.79 Å².